The van der Waals surface area contributed by atoms with E-state index in [2.05, 4.69) is 5.32 Å². The Balaban J connectivity index is 2.03. The number of furan rings is 1. The van der Waals surface area contributed by atoms with Crippen molar-refractivity contribution in [1.82, 2.24) is 5.32 Å². The normalized spacial score (nSPS) is 27.7. The van der Waals surface area contributed by atoms with Crippen molar-refractivity contribution in [2.45, 2.75) is 11.4 Å². The Morgan fingerprint density at radius 2 is 2.62 bits per heavy atom. The maximum atomic E-state index is 10.6. The molecule has 0 radical (unpaired) electrons. The third-order valence-corrected chi connectivity index (χ3v) is 3.19. The Labute approximate surface area is 79.3 Å². The molecule has 13 heavy (non-hydrogen) atoms. The molecule has 0 aliphatic carbocycles. The fourth-order valence-corrected chi connectivity index (χ4v) is 2.44. The molecule has 0 saturated carbocycles. The standard InChI is InChI=1S/C8H9NO3S/c10-8(11)6-4-13-7(9-6)5-1-2-12-3-5/h1-3,6-7,9H,4H2,(H,10,11)/t6-,7-/m1/s1. The highest BCUT2D eigenvalue weighted by atomic mass is 32.2. The van der Waals surface area contributed by atoms with Crippen LogP contribution in [0.4, 0.5) is 0 Å². The summed E-state index contributed by atoms with van der Waals surface area (Å²) in [5, 5.41) is 11.8. The average molecular weight is 199 g/mol. The van der Waals surface area contributed by atoms with Gasteiger partial charge in [0.15, 0.2) is 0 Å². The Kier molecular flexibility index (Phi) is 2.28. The number of carbonyl (C=O) groups is 1. The van der Waals surface area contributed by atoms with Crippen LogP contribution in [0.2, 0.25) is 0 Å². The van der Waals surface area contributed by atoms with Gasteiger partial charge < -0.3 is 9.52 Å². The van der Waals surface area contributed by atoms with E-state index in [0.717, 1.165) is 5.56 Å². The Morgan fingerprint density at radius 3 is 3.15 bits per heavy atom. The highest BCUT2D eigenvalue weighted by molar-refractivity contribution is 7.99. The van der Waals surface area contributed by atoms with Gasteiger partial charge in [-0.2, -0.15) is 0 Å². The van der Waals surface area contributed by atoms with Crippen molar-refractivity contribution in [2.75, 3.05) is 5.75 Å². The molecule has 0 spiro atoms. The molecular formula is C8H9NO3S. The molecule has 2 heterocycles. The molecule has 1 aliphatic heterocycles. The fraction of sp³-hybridized carbons (Fsp3) is 0.375. The summed E-state index contributed by atoms with van der Waals surface area (Å²) in [6, 6.07) is 1.40. The van der Waals surface area contributed by atoms with Crippen LogP contribution in [0.1, 0.15) is 10.9 Å². The number of nitrogens with one attached hydrogen (secondary N) is 1. The van der Waals surface area contributed by atoms with Crippen LogP contribution in [0.25, 0.3) is 0 Å². The van der Waals surface area contributed by atoms with Gasteiger partial charge in [-0.15, -0.1) is 11.8 Å². The fourth-order valence-electron chi connectivity index (χ4n) is 1.23. The van der Waals surface area contributed by atoms with Gasteiger partial charge in [-0.1, -0.05) is 0 Å². The van der Waals surface area contributed by atoms with Gasteiger partial charge in [0.25, 0.3) is 0 Å². The van der Waals surface area contributed by atoms with Gasteiger partial charge in [-0.3, -0.25) is 10.1 Å². The predicted molar refractivity (Wildman–Crippen MR) is 48.5 cm³/mol. The average Bonchev–Trinajstić information content (AvgIpc) is 2.75. The maximum Gasteiger partial charge on any atom is 0.321 e. The summed E-state index contributed by atoms with van der Waals surface area (Å²) in [4.78, 5) is 10.6. The SMILES string of the molecule is O=C(O)[C@H]1CS[C@H](c2ccoc2)N1. The van der Waals surface area contributed by atoms with E-state index in [-0.39, 0.29) is 5.37 Å². The summed E-state index contributed by atoms with van der Waals surface area (Å²) in [5.74, 6) is -0.191. The van der Waals surface area contributed by atoms with E-state index in [9.17, 15) is 4.79 Å². The summed E-state index contributed by atoms with van der Waals surface area (Å²) in [6.07, 6.45) is 3.22. The highest BCUT2D eigenvalue weighted by Gasteiger charge is 2.30. The van der Waals surface area contributed by atoms with Gasteiger partial charge in [-0.05, 0) is 6.07 Å². The first-order chi connectivity index (χ1) is 6.27. The second kappa shape index (κ2) is 3.43. The molecule has 1 saturated heterocycles. The number of thioether (sulfide) groups is 1. The molecule has 2 atom stereocenters. The van der Waals surface area contributed by atoms with E-state index in [0.29, 0.717) is 5.75 Å². The Bertz CT molecular complexity index is 298. The topological polar surface area (TPSA) is 62.5 Å². The predicted octanol–water partition coefficient (Wildman–Crippen LogP) is 1.07. The first-order valence-electron chi connectivity index (χ1n) is 3.90. The van der Waals surface area contributed by atoms with E-state index in [1.54, 1.807) is 24.3 Å². The van der Waals surface area contributed by atoms with Crippen molar-refractivity contribution in [2.24, 2.45) is 0 Å². The van der Waals surface area contributed by atoms with E-state index >= 15 is 0 Å². The number of hydrogen-bond donors (Lipinski definition) is 2. The molecular weight excluding hydrogens is 190 g/mol. The summed E-state index contributed by atoms with van der Waals surface area (Å²) in [6.45, 7) is 0. The van der Waals surface area contributed by atoms with Crippen LogP contribution in [0.3, 0.4) is 0 Å². The number of carboxylic acids is 1. The van der Waals surface area contributed by atoms with Crippen LogP contribution in [0, 0.1) is 0 Å². The molecule has 1 aliphatic rings. The number of rotatable bonds is 2. The summed E-state index contributed by atoms with van der Waals surface area (Å²) < 4.78 is 4.92. The first kappa shape index (κ1) is 8.65. The highest BCUT2D eigenvalue weighted by Crippen LogP contribution is 2.32. The molecule has 2 N–H and O–H groups in total. The molecule has 0 bridgehead atoms. The summed E-state index contributed by atoms with van der Waals surface area (Å²) in [7, 11) is 0. The van der Waals surface area contributed by atoms with Crippen molar-refractivity contribution >= 4 is 17.7 Å². The van der Waals surface area contributed by atoms with Crippen molar-refractivity contribution in [1.29, 1.82) is 0 Å². The molecule has 0 unspecified atom stereocenters. The summed E-state index contributed by atoms with van der Waals surface area (Å²) >= 11 is 1.58. The van der Waals surface area contributed by atoms with E-state index in [1.165, 1.54) is 0 Å². The van der Waals surface area contributed by atoms with Gasteiger partial charge in [0.1, 0.15) is 6.04 Å². The third-order valence-electron chi connectivity index (χ3n) is 1.93. The minimum Gasteiger partial charge on any atom is -0.480 e. The van der Waals surface area contributed by atoms with Crippen LogP contribution >= 0.6 is 11.8 Å². The van der Waals surface area contributed by atoms with Crippen molar-refractivity contribution in [3.63, 3.8) is 0 Å². The molecule has 4 nitrogen and oxygen atoms in total. The van der Waals surface area contributed by atoms with Crippen LogP contribution in [-0.4, -0.2) is 22.9 Å². The van der Waals surface area contributed by atoms with Gasteiger partial charge in [0.2, 0.25) is 0 Å². The zero-order valence-corrected chi connectivity index (χ0v) is 7.58. The van der Waals surface area contributed by atoms with Gasteiger partial charge in [0, 0.05) is 11.3 Å². The lowest BCUT2D eigenvalue weighted by molar-refractivity contribution is -0.138. The van der Waals surface area contributed by atoms with Crippen LogP contribution < -0.4 is 5.32 Å². The zero-order valence-electron chi connectivity index (χ0n) is 6.77. The quantitative estimate of drug-likeness (QED) is 0.746. The van der Waals surface area contributed by atoms with E-state index in [1.807, 2.05) is 6.07 Å². The lowest BCUT2D eigenvalue weighted by Gasteiger charge is -2.07. The second-order valence-corrected chi connectivity index (χ2v) is 3.97. The van der Waals surface area contributed by atoms with Crippen molar-refractivity contribution < 1.29 is 14.3 Å². The molecule has 1 fully saturated rings. The maximum absolute atomic E-state index is 10.6. The molecule has 0 aromatic carbocycles. The lowest BCUT2D eigenvalue weighted by Crippen LogP contribution is -2.33. The smallest absolute Gasteiger partial charge is 0.321 e. The number of hydrogen-bond acceptors (Lipinski definition) is 4. The lowest BCUT2D eigenvalue weighted by atomic mass is 10.3. The zero-order chi connectivity index (χ0) is 9.26. The minimum absolute atomic E-state index is 0.0554. The van der Waals surface area contributed by atoms with Crippen molar-refractivity contribution in [3.05, 3.63) is 24.2 Å². The Hall–Kier alpha value is -0.940. The van der Waals surface area contributed by atoms with Crippen molar-refractivity contribution in [3.8, 4) is 0 Å². The molecule has 1 aromatic rings. The molecule has 0 amide bonds. The number of aliphatic carboxylic acids is 1. The van der Waals surface area contributed by atoms with Gasteiger partial charge in [-0.25, -0.2) is 0 Å². The largest absolute Gasteiger partial charge is 0.480 e. The van der Waals surface area contributed by atoms with E-state index < -0.39 is 12.0 Å². The van der Waals surface area contributed by atoms with Crippen LogP contribution in [0.5, 0.6) is 0 Å². The molecule has 70 valence electrons. The monoisotopic (exact) mass is 199 g/mol. The van der Waals surface area contributed by atoms with Gasteiger partial charge in [0.05, 0.1) is 17.9 Å². The minimum atomic E-state index is -0.793. The second-order valence-electron chi connectivity index (χ2n) is 2.83. The molecule has 5 heteroatoms. The third kappa shape index (κ3) is 1.71. The van der Waals surface area contributed by atoms with Crippen LogP contribution in [0.15, 0.2) is 23.0 Å². The molecule has 1 aromatic heterocycles. The van der Waals surface area contributed by atoms with Crippen LogP contribution in [-0.2, 0) is 4.79 Å². The Morgan fingerprint density at radius 1 is 1.77 bits per heavy atom. The first-order valence-corrected chi connectivity index (χ1v) is 4.95. The van der Waals surface area contributed by atoms with Gasteiger partial charge >= 0.3 is 5.97 Å². The summed E-state index contributed by atoms with van der Waals surface area (Å²) in [5.41, 5.74) is 0.994. The van der Waals surface area contributed by atoms with E-state index in [4.69, 9.17) is 9.52 Å². The molecule has 2 rings (SSSR count). The number of carboxylic acid groups (broad SMARTS) is 1.